The second kappa shape index (κ2) is 26.4. The summed E-state index contributed by atoms with van der Waals surface area (Å²) in [7, 11) is -4.44. The highest BCUT2D eigenvalue weighted by Gasteiger charge is 2.42. The molecule has 0 bridgehead atoms. The van der Waals surface area contributed by atoms with Crippen LogP contribution in [0.5, 0.6) is 0 Å². The Morgan fingerprint density at radius 3 is 1.86 bits per heavy atom. The monoisotopic (exact) mass is 1040 g/mol. The summed E-state index contributed by atoms with van der Waals surface area (Å²) in [6.45, 7) is 9.44. The zero-order chi connectivity index (χ0) is 53.7. The topological polar surface area (TPSA) is 279 Å². The minimum absolute atomic E-state index is 0.0452. The number of carbonyl (C=O) groups is 7. The Labute approximate surface area is 433 Å². The van der Waals surface area contributed by atoms with E-state index < -0.39 is 103 Å². The van der Waals surface area contributed by atoms with Crippen LogP contribution in [0, 0.1) is 11.8 Å². The molecule has 6 amide bonds. The smallest absolute Gasteiger partial charge is 0.410 e. The van der Waals surface area contributed by atoms with Gasteiger partial charge >= 0.3 is 12.1 Å². The zero-order valence-corrected chi connectivity index (χ0v) is 44.1. The van der Waals surface area contributed by atoms with E-state index in [-0.39, 0.29) is 50.8 Å². The van der Waals surface area contributed by atoms with Crippen molar-refractivity contribution in [3.8, 4) is 11.1 Å². The van der Waals surface area contributed by atoms with Gasteiger partial charge in [0, 0.05) is 25.4 Å². The highest BCUT2D eigenvalue weighted by molar-refractivity contribution is 7.58. The number of nitrogens with one attached hydrogen (secondary N) is 5. The van der Waals surface area contributed by atoms with Crippen LogP contribution in [0.2, 0.25) is 0 Å². The highest BCUT2D eigenvalue weighted by Crippen LogP contribution is 2.46. The van der Waals surface area contributed by atoms with Crippen LogP contribution in [0.4, 0.5) is 4.79 Å². The summed E-state index contributed by atoms with van der Waals surface area (Å²) in [5.74, 6) is -6.24. The quantitative estimate of drug-likeness (QED) is 0.0425. The Balaban J connectivity index is 1.10. The molecule has 6 rings (SSSR count). The van der Waals surface area contributed by atoms with E-state index in [1.807, 2.05) is 62.4 Å². The molecule has 1 unspecified atom stereocenters. The van der Waals surface area contributed by atoms with Crippen LogP contribution in [0.25, 0.3) is 11.1 Å². The van der Waals surface area contributed by atoms with Gasteiger partial charge in [0.2, 0.25) is 36.9 Å². The molecule has 74 heavy (non-hydrogen) atoms. The van der Waals surface area contributed by atoms with Gasteiger partial charge in [-0.1, -0.05) is 107 Å². The fourth-order valence-corrected chi connectivity index (χ4v) is 11.7. The average Bonchev–Trinajstić information content (AvgIpc) is 4.15. The second-order valence-corrected chi connectivity index (χ2v) is 23.0. The number of carboxylic acid groups (broad SMARTS) is 1. The predicted octanol–water partition coefficient (Wildman–Crippen LogP) is 4.65. The number of rotatable bonds is 25. The molecule has 1 aliphatic carbocycles. The Kier molecular flexibility index (Phi) is 20.4. The number of nitrogens with two attached hydrogens (primary N) is 1. The molecule has 8 atom stereocenters. The molecule has 2 heterocycles. The Morgan fingerprint density at radius 2 is 1.28 bits per heavy atom. The molecule has 19 nitrogen and oxygen atoms in total. The maximum absolute atomic E-state index is 14.5. The summed E-state index contributed by atoms with van der Waals surface area (Å²) in [4.78, 5) is 110. The van der Waals surface area contributed by atoms with Gasteiger partial charge in [0.05, 0.1) is 12.3 Å². The average molecular weight is 1040 g/mol. The lowest BCUT2D eigenvalue weighted by Crippen LogP contribution is -2.57. The number of amides is 6. The number of hydrogen-bond acceptors (Lipinski definition) is 11. The summed E-state index contributed by atoms with van der Waals surface area (Å²) < 4.78 is 20.4. The van der Waals surface area contributed by atoms with E-state index in [0.717, 1.165) is 22.3 Å². The molecule has 3 aromatic carbocycles. The normalized spacial score (nSPS) is 19.1. The molecule has 2 aliphatic heterocycles. The van der Waals surface area contributed by atoms with Gasteiger partial charge in [0.1, 0.15) is 42.6 Å². The molecule has 3 aromatic rings. The van der Waals surface area contributed by atoms with Crippen molar-refractivity contribution in [3.05, 3.63) is 95.6 Å². The zero-order valence-electron chi connectivity index (χ0n) is 43.2. The van der Waals surface area contributed by atoms with Gasteiger partial charge in [-0.15, -0.1) is 0 Å². The molecule has 0 radical (unpaired) electrons. The molecule has 20 heteroatoms. The van der Waals surface area contributed by atoms with E-state index in [1.54, 1.807) is 44.2 Å². The molecule has 9 N–H and O–H groups in total. The molecule has 3 aliphatic rings. The summed E-state index contributed by atoms with van der Waals surface area (Å²) in [5, 5.41) is 23.4. The third-order valence-electron chi connectivity index (χ3n) is 14.2. The van der Waals surface area contributed by atoms with Crippen molar-refractivity contribution in [3.63, 3.8) is 0 Å². The van der Waals surface area contributed by atoms with Crippen LogP contribution < -0.4 is 32.3 Å². The van der Waals surface area contributed by atoms with Crippen molar-refractivity contribution in [2.45, 2.75) is 140 Å². The number of fused-ring (bicyclic) bond motifs is 3. The molecule has 2 saturated heterocycles. The van der Waals surface area contributed by atoms with Gasteiger partial charge in [-0.2, -0.15) is 0 Å². The standard InChI is InChI=1S/C54H75N8O11P/c1-33(2)29-43(49(64)60-47(34(3)4)53(68)69)58-50(65)44-24-15-27-61(44)52(67)35(5)56-32-74(71,72)46(30-36-17-7-6-8-18-36)59-48(63)42(23-13-14-26-55)57-51(66)45-25-16-28-62(45)54(70)73-31-41-39-21-11-9-19-37(39)38-20-10-12-22-40(38)41/h6-12,17-22,33-35,41-47,56H,13-16,23-32,55H2,1-5H3,(H,57,66)(H,58,65)(H,59,63)(H,60,64)(H,68,69)(H,71,72)/t35-,42-,43-,44-,45-,46-,47-/m0/s1. The molecule has 0 aromatic heterocycles. The van der Waals surface area contributed by atoms with Crippen molar-refractivity contribution < 1.29 is 52.9 Å². The summed E-state index contributed by atoms with van der Waals surface area (Å²) in [6.07, 6.45) is 1.67. The van der Waals surface area contributed by atoms with Gasteiger partial charge in [-0.3, -0.25) is 38.8 Å². The lowest BCUT2D eigenvalue weighted by molar-refractivity contribution is -0.144. The number of unbranched alkanes of at least 4 members (excludes halogenated alkanes) is 1. The summed E-state index contributed by atoms with van der Waals surface area (Å²) >= 11 is 0. The first-order valence-corrected chi connectivity index (χ1v) is 27.9. The Morgan fingerprint density at radius 1 is 0.730 bits per heavy atom. The van der Waals surface area contributed by atoms with Crippen molar-refractivity contribution in [2.24, 2.45) is 17.6 Å². The molecule has 0 spiro atoms. The van der Waals surface area contributed by atoms with Gasteiger partial charge < -0.3 is 46.6 Å². The van der Waals surface area contributed by atoms with Crippen LogP contribution in [-0.2, 0) is 44.5 Å². The summed E-state index contributed by atoms with van der Waals surface area (Å²) in [6, 6.07) is 18.4. The second-order valence-electron chi connectivity index (χ2n) is 20.5. The number of aliphatic carboxylic acids is 1. The molecular formula is C54H75N8O11P. The largest absolute Gasteiger partial charge is 0.480 e. The van der Waals surface area contributed by atoms with Gasteiger partial charge in [-0.05, 0) is 104 Å². The number of likely N-dealkylation sites (tertiary alicyclic amines) is 2. The van der Waals surface area contributed by atoms with Crippen LogP contribution in [-0.4, -0.2) is 136 Å². The predicted molar refractivity (Wildman–Crippen MR) is 280 cm³/mol. The molecule has 2 fully saturated rings. The molecule has 402 valence electrons. The van der Waals surface area contributed by atoms with Crippen LogP contribution in [0.3, 0.4) is 0 Å². The minimum Gasteiger partial charge on any atom is -0.480 e. The lowest BCUT2D eigenvalue weighted by Gasteiger charge is -2.31. The highest BCUT2D eigenvalue weighted by atomic mass is 31.2. The van der Waals surface area contributed by atoms with E-state index in [4.69, 9.17) is 10.5 Å². The number of hydrogen-bond donors (Lipinski definition) is 8. The van der Waals surface area contributed by atoms with Crippen molar-refractivity contribution in [1.29, 1.82) is 0 Å². The number of ether oxygens (including phenoxy) is 1. The van der Waals surface area contributed by atoms with E-state index in [9.17, 15) is 48.1 Å². The van der Waals surface area contributed by atoms with Gasteiger partial charge in [-0.25, -0.2) is 9.59 Å². The number of benzene rings is 3. The lowest BCUT2D eigenvalue weighted by atomic mass is 9.98. The summed E-state index contributed by atoms with van der Waals surface area (Å²) in [5.41, 5.74) is 10.7. The number of carboxylic acids is 1. The fourth-order valence-electron chi connectivity index (χ4n) is 10.1. The third-order valence-corrected chi connectivity index (χ3v) is 16.1. The van der Waals surface area contributed by atoms with Gasteiger partial charge in [0.25, 0.3) is 0 Å². The maximum atomic E-state index is 14.5. The van der Waals surface area contributed by atoms with Crippen molar-refractivity contribution in [1.82, 2.24) is 36.4 Å². The number of carbonyl (C=O) groups excluding carboxylic acids is 6. The first-order chi connectivity index (χ1) is 35.3. The van der Waals surface area contributed by atoms with E-state index in [2.05, 4.69) is 26.6 Å². The van der Waals surface area contributed by atoms with Crippen molar-refractivity contribution >= 4 is 49.0 Å². The van der Waals surface area contributed by atoms with Crippen LogP contribution in [0.1, 0.15) is 109 Å². The Hall–Kier alpha value is -6.14. The van der Waals surface area contributed by atoms with Crippen LogP contribution >= 0.6 is 7.37 Å². The first kappa shape index (κ1) is 57.1. The molecule has 0 saturated carbocycles. The van der Waals surface area contributed by atoms with E-state index in [1.165, 1.54) is 16.7 Å². The SMILES string of the molecule is CC(C)C[C@H](NC(=O)[C@@H]1CCCN1C(=O)[C@H](C)NCP(=O)(O)[C@@H](Cc1ccccc1)NC(=O)[C@H](CCCCN)NC(=O)[C@@H]1CCCN1C(=O)OCC1c2ccccc2-c2ccccc21)C(=O)N[C@H](C(=O)O)C(C)C. The first-order valence-electron chi connectivity index (χ1n) is 26.0. The Bertz CT molecular complexity index is 2470. The van der Waals surface area contributed by atoms with Crippen molar-refractivity contribution in [2.75, 3.05) is 32.5 Å². The number of nitrogens with zero attached hydrogens (tertiary/aromatic N) is 2. The molecular weight excluding hydrogens is 968 g/mol. The minimum atomic E-state index is -4.44. The van der Waals surface area contributed by atoms with Gasteiger partial charge in [0.15, 0.2) is 0 Å². The van der Waals surface area contributed by atoms with E-state index >= 15 is 0 Å². The fraction of sp³-hybridized carbons (Fsp3) is 0.537. The van der Waals surface area contributed by atoms with Crippen LogP contribution in [0.15, 0.2) is 78.9 Å². The third kappa shape index (κ3) is 14.6. The maximum Gasteiger partial charge on any atom is 0.410 e. The van der Waals surface area contributed by atoms with E-state index in [0.29, 0.717) is 50.6 Å².